The van der Waals surface area contributed by atoms with Crippen molar-refractivity contribution in [3.8, 4) is 0 Å². The molecule has 0 aromatic carbocycles. The zero-order valence-corrected chi connectivity index (χ0v) is 13.5. The van der Waals surface area contributed by atoms with Gasteiger partial charge in [-0.1, -0.05) is 27.7 Å². The summed E-state index contributed by atoms with van der Waals surface area (Å²) in [5.74, 6) is 0.818. The van der Waals surface area contributed by atoms with Crippen molar-refractivity contribution in [2.75, 3.05) is 18.4 Å². The third-order valence-electron chi connectivity index (χ3n) is 4.13. The van der Waals surface area contributed by atoms with Crippen molar-refractivity contribution in [1.82, 2.24) is 14.9 Å². The van der Waals surface area contributed by atoms with Gasteiger partial charge in [-0.05, 0) is 30.6 Å². The summed E-state index contributed by atoms with van der Waals surface area (Å²) >= 11 is 0. The molecular formula is C16H26N4O. The smallest absolute Gasteiger partial charge is 0.323 e. The van der Waals surface area contributed by atoms with Crippen LogP contribution in [0.5, 0.6) is 0 Å². The van der Waals surface area contributed by atoms with Crippen LogP contribution >= 0.6 is 0 Å². The van der Waals surface area contributed by atoms with Gasteiger partial charge in [-0.25, -0.2) is 9.78 Å². The van der Waals surface area contributed by atoms with Crippen LogP contribution in [0.15, 0.2) is 12.4 Å². The average Bonchev–Trinajstić information content (AvgIpc) is 2.60. The maximum Gasteiger partial charge on any atom is 0.323 e. The predicted molar refractivity (Wildman–Crippen MR) is 84.3 cm³/mol. The van der Waals surface area contributed by atoms with Crippen LogP contribution in [-0.2, 0) is 0 Å². The highest BCUT2D eigenvalue weighted by Gasteiger charge is 2.26. The quantitative estimate of drug-likeness (QED) is 0.904. The van der Waals surface area contributed by atoms with Gasteiger partial charge in [0, 0.05) is 25.5 Å². The van der Waals surface area contributed by atoms with E-state index in [9.17, 15) is 4.79 Å². The molecule has 1 N–H and O–H groups in total. The Balaban J connectivity index is 2.05. The minimum absolute atomic E-state index is 0.0601. The third kappa shape index (κ3) is 4.16. The van der Waals surface area contributed by atoms with Crippen molar-refractivity contribution in [3.05, 3.63) is 18.1 Å². The second-order valence-corrected chi connectivity index (χ2v) is 6.88. The molecule has 0 spiro atoms. The van der Waals surface area contributed by atoms with Crippen LogP contribution in [-0.4, -0.2) is 34.0 Å². The number of rotatable bonds is 2. The van der Waals surface area contributed by atoms with E-state index in [2.05, 4.69) is 29.1 Å². The molecule has 0 atom stereocenters. The van der Waals surface area contributed by atoms with Gasteiger partial charge in [-0.15, -0.1) is 0 Å². The fraction of sp³-hybridized carbons (Fsp3) is 0.688. The highest BCUT2D eigenvalue weighted by atomic mass is 16.2. The van der Waals surface area contributed by atoms with E-state index >= 15 is 0 Å². The predicted octanol–water partition coefficient (Wildman–Crippen LogP) is 3.64. The highest BCUT2D eigenvalue weighted by molar-refractivity contribution is 5.88. The SMILES string of the molecule is CC(C)c1nccnc1NC(=O)N1CCCC(C)(C)CC1. The molecule has 0 bridgehead atoms. The lowest BCUT2D eigenvalue weighted by Gasteiger charge is -2.24. The number of nitrogens with one attached hydrogen (secondary N) is 1. The van der Waals surface area contributed by atoms with Crippen LogP contribution in [0.2, 0.25) is 0 Å². The summed E-state index contributed by atoms with van der Waals surface area (Å²) in [4.78, 5) is 22.9. The molecule has 1 aliphatic rings. The van der Waals surface area contributed by atoms with Crippen LogP contribution in [0.1, 0.15) is 58.6 Å². The molecule has 1 aromatic heterocycles. The van der Waals surface area contributed by atoms with Gasteiger partial charge in [-0.2, -0.15) is 0 Å². The second kappa shape index (κ2) is 6.41. The van der Waals surface area contributed by atoms with E-state index in [0.29, 0.717) is 11.2 Å². The minimum Gasteiger partial charge on any atom is -0.324 e. The Bertz CT molecular complexity index is 499. The van der Waals surface area contributed by atoms with Gasteiger partial charge in [0.25, 0.3) is 0 Å². The van der Waals surface area contributed by atoms with Crippen molar-refractivity contribution in [2.45, 2.75) is 52.9 Å². The summed E-state index contributed by atoms with van der Waals surface area (Å²) in [6, 6.07) is -0.0601. The first kappa shape index (κ1) is 15.7. The Morgan fingerprint density at radius 1 is 1.24 bits per heavy atom. The molecule has 2 amide bonds. The Kier molecular flexibility index (Phi) is 4.80. The van der Waals surface area contributed by atoms with Crippen LogP contribution in [0.25, 0.3) is 0 Å². The molecule has 0 saturated carbocycles. The summed E-state index contributed by atoms with van der Waals surface area (Å²) in [6.45, 7) is 10.3. The molecule has 2 heterocycles. The third-order valence-corrected chi connectivity index (χ3v) is 4.13. The van der Waals surface area contributed by atoms with E-state index in [1.807, 2.05) is 18.7 Å². The fourth-order valence-corrected chi connectivity index (χ4v) is 2.67. The number of hydrogen-bond donors (Lipinski definition) is 1. The van der Waals surface area contributed by atoms with Crippen molar-refractivity contribution in [2.24, 2.45) is 5.41 Å². The summed E-state index contributed by atoms with van der Waals surface area (Å²) in [5.41, 5.74) is 1.16. The standard InChI is InChI=1S/C16H26N4O/c1-12(2)13-14(18-9-8-17-13)19-15(21)20-10-5-6-16(3,4)7-11-20/h8-9,12H,5-7,10-11H2,1-4H3,(H,18,19,21). The van der Waals surface area contributed by atoms with Gasteiger partial charge in [-0.3, -0.25) is 10.3 Å². The first-order chi connectivity index (χ1) is 9.89. The lowest BCUT2D eigenvalue weighted by Crippen LogP contribution is -2.36. The first-order valence-electron chi connectivity index (χ1n) is 7.76. The van der Waals surface area contributed by atoms with E-state index in [-0.39, 0.29) is 11.9 Å². The lowest BCUT2D eigenvalue weighted by atomic mass is 9.85. The Morgan fingerprint density at radius 3 is 2.67 bits per heavy atom. The summed E-state index contributed by atoms with van der Waals surface area (Å²) in [6.07, 6.45) is 6.54. The van der Waals surface area contributed by atoms with E-state index in [4.69, 9.17) is 0 Å². The molecule has 2 rings (SSSR count). The van der Waals surface area contributed by atoms with Crippen LogP contribution in [0.3, 0.4) is 0 Å². The second-order valence-electron chi connectivity index (χ2n) is 6.88. The largest absolute Gasteiger partial charge is 0.324 e. The average molecular weight is 290 g/mol. The van der Waals surface area contributed by atoms with Gasteiger partial charge >= 0.3 is 6.03 Å². The molecule has 0 aliphatic carbocycles. The number of nitrogens with zero attached hydrogens (tertiary/aromatic N) is 3. The monoisotopic (exact) mass is 290 g/mol. The first-order valence-corrected chi connectivity index (χ1v) is 7.76. The number of hydrogen-bond acceptors (Lipinski definition) is 3. The number of aromatic nitrogens is 2. The highest BCUT2D eigenvalue weighted by Crippen LogP contribution is 2.30. The van der Waals surface area contributed by atoms with Crippen molar-refractivity contribution in [1.29, 1.82) is 0 Å². The van der Waals surface area contributed by atoms with E-state index in [1.54, 1.807) is 12.4 Å². The molecule has 0 unspecified atom stereocenters. The number of amides is 2. The fourth-order valence-electron chi connectivity index (χ4n) is 2.67. The summed E-state index contributed by atoms with van der Waals surface area (Å²) < 4.78 is 0. The molecule has 0 radical (unpaired) electrons. The maximum atomic E-state index is 12.5. The normalized spacial score (nSPS) is 18.4. The van der Waals surface area contributed by atoms with Crippen molar-refractivity contribution < 1.29 is 4.79 Å². The van der Waals surface area contributed by atoms with Gasteiger partial charge in [0.2, 0.25) is 0 Å². The van der Waals surface area contributed by atoms with Crippen LogP contribution in [0, 0.1) is 5.41 Å². The minimum atomic E-state index is -0.0601. The number of urea groups is 1. The molecule has 5 heteroatoms. The summed E-state index contributed by atoms with van der Waals surface area (Å²) in [5, 5.41) is 2.93. The topological polar surface area (TPSA) is 58.1 Å². The Morgan fingerprint density at radius 2 is 1.95 bits per heavy atom. The van der Waals surface area contributed by atoms with Crippen molar-refractivity contribution in [3.63, 3.8) is 0 Å². The van der Waals surface area contributed by atoms with E-state index < -0.39 is 0 Å². The number of carbonyl (C=O) groups excluding carboxylic acids is 1. The Hall–Kier alpha value is -1.65. The van der Waals surface area contributed by atoms with Crippen molar-refractivity contribution >= 4 is 11.8 Å². The molecule has 1 aromatic rings. The Labute approximate surface area is 127 Å². The molecule has 1 aliphatic heterocycles. The zero-order valence-electron chi connectivity index (χ0n) is 13.5. The zero-order chi connectivity index (χ0) is 15.5. The van der Waals surface area contributed by atoms with Gasteiger partial charge < -0.3 is 4.90 Å². The lowest BCUT2D eigenvalue weighted by molar-refractivity contribution is 0.211. The molecule has 116 valence electrons. The van der Waals surface area contributed by atoms with Gasteiger partial charge in [0.05, 0.1) is 5.69 Å². The van der Waals surface area contributed by atoms with Crippen LogP contribution < -0.4 is 5.32 Å². The number of carbonyl (C=O) groups is 1. The van der Waals surface area contributed by atoms with E-state index in [0.717, 1.165) is 31.6 Å². The van der Waals surface area contributed by atoms with E-state index in [1.165, 1.54) is 6.42 Å². The molecule has 1 saturated heterocycles. The molecule has 5 nitrogen and oxygen atoms in total. The van der Waals surface area contributed by atoms with Gasteiger partial charge in [0.15, 0.2) is 5.82 Å². The maximum absolute atomic E-state index is 12.5. The molecular weight excluding hydrogens is 264 g/mol. The molecule has 21 heavy (non-hydrogen) atoms. The number of likely N-dealkylation sites (tertiary alicyclic amines) is 1. The van der Waals surface area contributed by atoms with Crippen LogP contribution in [0.4, 0.5) is 10.6 Å². The van der Waals surface area contributed by atoms with Gasteiger partial charge in [0.1, 0.15) is 0 Å². The number of anilines is 1. The summed E-state index contributed by atoms with van der Waals surface area (Å²) in [7, 11) is 0. The molecule has 1 fully saturated rings.